The fourth-order valence-electron chi connectivity index (χ4n) is 1.92. The van der Waals surface area contributed by atoms with Gasteiger partial charge in [-0.15, -0.1) is 0 Å². The van der Waals surface area contributed by atoms with Gasteiger partial charge in [-0.2, -0.15) is 0 Å². The van der Waals surface area contributed by atoms with Gasteiger partial charge in [0.2, 0.25) is 5.91 Å². The van der Waals surface area contributed by atoms with Gasteiger partial charge in [-0.1, -0.05) is 12.2 Å². The molecule has 1 aliphatic carbocycles. The molecule has 0 spiro atoms. The zero-order valence-corrected chi connectivity index (χ0v) is 11.8. The molecule has 0 radical (unpaired) electrons. The van der Waals surface area contributed by atoms with E-state index < -0.39 is 0 Å². The van der Waals surface area contributed by atoms with E-state index in [4.69, 9.17) is 10.5 Å². The normalized spacial score (nSPS) is 21.3. The van der Waals surface area contributed by atoms with Gasteiger partial charge in [-0.25, -0.2) is 0 Å². The van der Waals surface area contributed by atoms with Crippen LogP contribution in [0.2, 0.25) is 0 Å². The number of nitrogens with one attached hydrogen (secondary N) is 1. The van der Waals surface area contributed by atoms with Crippen molar-refractivity contribution in [1.29, 1.82) is 0 Å². The van der Waals surface area contributed by atoms with E-state index in [1.54, 1.807) is 0 Å². The van der Waals surface area contributed by atoms with Crippen LogP contribution < -0.4 is 11.1 Å². The lowest BCUT2D eigenvalue weighted by molar-refractivity contribution is -0.146. The Labute approximate surface area is 118 Å². The predicted molar refractivity (Wildman–Crippen MR) is 73.5 cm³/mol. The summed E-state index contributed by atoms with van der Waals surface area (Å²) in [7, 11) is 0. The number of hydrogen-bond acceptors (Lipinski definition) is 5. The van der Waals surface area contributed by atoms with E-state index in [1.807, 2.05) is 12.2 Å². The number of ketones is 1. The molecule has 0 saturated heterocycles. The third kappa shape index (κ3) is 7.04. The van der Waals surface area contributed by atoms with Crippen molar-refractivity contribution in [2.75, 3.05) is 6.73 Å². The lowest BCUT2D eigenvalue weighted by atomic mass is 9.91. The Bertz CT molecular complexity index is 393. The van der Waals surface area contributed by atoms with Crippen molar-refractivity contribution < 1.29 is 19.1 Å². The number of hydrogen-bond donors (Lipinski definition) is 2. The molecule has 0 fully saturated rings. The Morgan fingerprint density at radius 2 is 2.00 bits per heavy atom. The fourth-order valence-corrected chi connectivity index (χ4v) is 1.92. The summed E-state index contributed by atoms with van der Waals surface area (Å²) in [6.07, 6.45) is 6.22. The van der Waals surface area contributed by atoms with Crippen LogP contribution in [-0.2, 0) is 19.1 Å². The highest BCUT2D eigenvalue weighted by atomic mass is 16.5. The second-order valence-electron chi connectivity index (χ2n) is 5.05. The number of allylic oxidation sites excluding steroid dienone is 1. The highest BCUT2D eigenvalue weighted by molar-refractivity contribution is 5.83. The maximum Gasteiger partial charge on any atom is 0.308 e. The van der Waals surface area contributed by atoms with E-state index in [1.165, 1.54) is 6.92 Å². The quantitative estimate of drug-likeness (QED) is 0.406. The summed E-state index contributed by atoms with van der Waals surface area (Å²) in [6, 6.07) is 0.0860. The minimum atomic E-state index is -0.345. The summed E-state index contributed by atoms with van der Waals surface area (Å²) in [5.41, 5.74) is 5.72. The Morgan fingerprint density at radius 3 is 2.60 bits per heavy atom. The molecule has 0 aliphatic heterocycles. The molecule has 1 aliphatic rings. The summed E-state index contributed by atoms with van der Waals surface area (Å²) in [6.45, 7) is 1.28. The Balaban J connectivity index is 2.12. The second-order valence-corrected chi connectivity index (χ2v) is 5.05. The number of Topliss-reactive ketones (excluding diaryl/α,β-unsaturated/α-hetero) is 1. The second kappa shape index (κ2) is 8.47. The lowest BCUT2D eigenvalue weighted by Crippen LogP contribution is -2.28. The van der Waals surface area contributed by atoms with Crippen LogP contribution in [0.3, 0.4) is 0 Å². The van der Waals surface area contributed by atoms with Crippen molar-refractivity contribution in [1.82, 2.24) is 5.32 Å². The standard InChI is InChI=1S/C14H22N2O4/c1-10(17)2-7-13(18)16-9-20-14(19)8-11-3-5-12(15)6-4-11/h3,5,11-12H,2,4,6-9,15H2,1H3,(H,16,18). The SMILES string of the molecule is CC(=O)CCC(=O)NCOC(=O)CC1C=CC(N)CC1. The largest absolute Gasteiger partial charge is 0.444 e. The first-order valence-electron chi connectivity index (χ1n) is 6.83. The molecule has 1 rings (SSSR count). The summed E-state index contributed by atoms with van der Waals surface area (Å²) < 4.78 is 4.93. The molecule has 6 heteroatoms. The van der Waals surface area contributed by atoms with Gasteiger partial charge in [0, 0.05) is 18.9 Å². The maximum absolute atomic E-state index is 11.5. The number of carbonyl (C=O) groups is 3. The van der Waals surface area contributed by atoms with Crippen molar-refractivity contribution in [2.24, 2.45) is 11.7 Å². The zero-order valence-electron chi connectivity index (χ0n) is 11.8. The topological polar surface area (TPSA) is 98.5 Å². The first-order chi connectivity index (χ1) is 9.47. The third-order valence-corrected chi connectivity index (χ3v) is 3.14. The van der Waals surface area contributed by atoms with Crippen LogP contribution in [0.15, 0.2) is 12.2 Å². The minimum Gasteiger partial charge on any atom is -0.444 e. The predicted octanol–water partition coefficient (Wildman–Crippen LogP) is 0.656. The molecular weight excluding hydrogens is 260 g/mol. The molecule has 0 aromatic rings. The minimum absolute atomic E-state index is 0.0422. The summed E-state index contributed by atoms with van der Waals surface area (Å²) in [5.74, 6) is -0.520. The molecule has 20 heavy (non-hydrogen) atoms. The molecule has 112 valence electrons. The first kappa shape index (κ1) is 16.4. The number of carbonyl (C=O) groups excluding carboxylic acids is 3. The van der Waals surface area contributed by atoms with Gasteiger partial charge in [0.05, 0.1) is 6.42 Å². The van der Waals surface area contributed by atoms with Crippen LogP contribution in [0.4, 0.5) is 0 Å². The molecule has 3 N–H and O–H groups in total. The molecule has 2 unspecified atom stereocenters. The van der Waals surface area contributed by atoms with Crippen molar-refractivity contribution >= 4 is 17.7 Å². The van der Waals surface area contributed by atoms with E-state index in [2.05, 4.69) is 5.32 Å². The number of rotatable bonds is 7. The smallest absolute Gasteiger partial charge is 0.308 e. The number of nitrogens with two attached hydrogens (primary N) is 1. The third-order valence-electron chi connectivity index (χ3n) is 3.14. The maximum atomic E-state index is 11.5. The zero-order chi connectivity index (χ0) is 15.0. The van der Waals surface area contributed by atoms with Crippen LogP contribution in [0.1, 0.15) is 39.0 Å². The van der Waals surface area contributed by atoms with E-state index in [0.717, 1.165) is 12.8 Å². The monoisotopic (exact) mass is 282 g/mol. The molecular formula is C14H22N2O4. The van der Waals surface area contributed by atoms with Crippen LogP contribution in [-0.4, -0.2) is 30.4 Å². The molecule has 0 aromatic heterocycles. The number of ether oxygens (including phenoxy) is 1. The van der Waals surface area contributed by atoms with Gasteiger partial charge in [0.15, 0.2) is 6.73 Å². The molecule has 0 aromatic carbocycles. The van der Waals surface area contributed by atoms with Crippen molar-refractivity contribution in [2.45, 2.75) is 45.1 Å². The molecule has 1 amide bonds. The fraction of sp³-hybridized carbons (Fsp3) is 0.643. The lowest BCUT2D eigenvalue weighted by Gasteiger charge is -2.19. The molecule has 6 nitrogen and oxygen atoms in total. The number of esters is 1. The average molecular weight is 282 g/mol. The molecule has 0 heterocycles. The Morgan fingerprint density at radius 1 is 1.25 bits per heavy atom. The van der Waals surface area contributed by atoms with E-state index in [0.29, 0.717) is 6.42 Å². The summed E-state index contributed by atoms with van der Waals surface area (Å²) in [5, 5.41) is 2.44. The average Bonchev–Trinajstić information content (AvgIpc) is 2.39. The summed E-state index contributed by atoms with van der Waals surface area (Å²) >= 11 is 0. The molecule has 0 bridgehead atoms. The van der Waals surface area contributed by atoms with Gasteiger partial charge < -0.3 is 20.6 Å². The highest BCUT2D eigenvalue weighted by Crippen LogP contribution is 2.19. The molecule has 2 atom stereocenters. The number of amides is 1. The van der Waals surface area contributed by atoms with E-state index in [-0.39, 0.29) is 49.2 Å². The van der Waals surface area contributed by atoms with Crippen molar-refractivity contribution in [3.63, 3.8) is 0 Å². The van der Waals surface area contributed by atoms with Crippen LogP contribution >= 0.6 is 0 Å². The first-order valence-corrected chi connectivity index (χ1v) is 6.83. The van der Waals surface area contributed by atoms with Gasteiger partial charge in [-0.3, -0.25) is 9.59 Å². The van der Waals surface area contributed by atoms with Gasteiger partial charge in [0.1, 0.15) is 5.78 Å². The van der Waals surface area contributed by atoms with E-state index >= 15 is 0 Å². The Hall–Kier alpha value is -1.69. The summed E-state index contributed by atoms with van der Waals surface area (Å²) in [4.78, 5) is 33.5. The van der Waals surface area contributed by atoms with Crippen molar-refractivity contribution in [3.8, 4) is 0 Å². The van der Waals surface area contributed by atoms with Crippen LogP contribution in [0, 0.1) is 5.92 Å². The van der Waals surface area contributed by atoms with Crippen molar-refractivity contribution in [3.05, 3.63) is 12.2 Å². The van der Waals surface area contributed by atoms with E-state index in [9.17, 15) is 14.4 Å². The van der Waals surface area contributed by atoms with Crippen LogP contribution in [0.25, 0.3) is 0 Å². The van der Waals surface area contributed by atoms with Crippen LogP contribution in [0.5, 0.6) is 0 Å². The Kier molecular flexibility index (Phi) is 6.93. The highest BCUT2D eigenvalue weighted by Gasteiger charge is 2.17. The van der Waals surface area contributed by atoms with Gasteiger partial charge in [-0.05, 0) is 25.7 Å². The molecule has 0 saturated carbocycles. The van der Waals surface area contributed by atoms with Gasteiger partial charge in [0.25, 0.3) is 0 Å². The van der Waals surface area contributed by atoms with Gasteiger partial charge >= 0.3 is 5.97 Å².